The van der Waals surface area contributed by atoms with Crippen molar-refractivity contribution in [2.24, 2.45) is 0 Å². The van der Waals surface area contributed by atoms with Crippen LogP contribution in [0.4, 0.5) is 18.9 Å². The van der Waals surface area contributed by atoms with Crippen molar-refractivity contribution in [3.05, 3.63) is 97.9 Å². The average molecular weight is 465 g/mol. The summed E-state index contributed by atoms with van der Waals surface area (Å²) >= 11 is 3.35. The first kappa shape index (κ1) is 20.9. The molecular weight excluding hydrogens is 449 g/mol. The highest BCUT2D eigenvalue weighted by Gasteiger charge is 2.29. The first-order chi connectivity index (χ1) is 13.6. The fraction of sp³-hybridized carbons (Fsp3) is 0.143. The van der Waals surface area contributed by atoms with E-state index in [2.05, 4.69) is 21.2 Å². The van der Waals surface area contributed by atoms with Crippen LogP contribution in [0.15, 0.2) is 70.1 Å². The van der Waals surface area contributed by atoms with Gasteiger partial charge in [-0.2, -0.15) is 13.2 Å². The average Bonchev–Trinajstić information content (AvgIpc) is 2.65. The summed E-state index contributed by atoms with van der Waals surface area (Å²) in [6, 6.07) is 12.9. The summed E-state index contributed by atoms with van der Waals surface area (Å²) in [7, 11) is 0. The van der Waals surface area contributed by atoms with E-state index in [1.165, 1.54) is 29.0 Å². The van der Waals surface area contributed by atoms with E-state index in [4.69, 9.17) is 0 Å². The van der Waals surface area contributed by atoms with E-state index < -0.39 is 23.2 Å². The highest BCUT2D eigenvalue weighted by Crippen LogP contribution is 2.29. The molecule has 3 rings (SSSR count). The molecule has 0 unspecified atom stereocenters. The summed E-state index contributed by atoms with van der Waals surface area (Å²) < 4.78 is 40.2. The molecule has 1 amide bonds. The van der Waals surface area contributed by atoms with Crippen molar-refractivity contribution >= 4 is 27.5 Å². The Bertz CT molecular complexity index is 1110. The zero-order chi connectivity index (χ0) is 21.2. The molecule has 0 aliphatic heterocycles. The highest BCUT2D eigenvalue weighted by atomic mass is 79.9. The highest BCUT2D eigenvalue weighted by molar-refractivity contribution is 9.10. The normalized spacial score (nSPS) is 11.3. The van der Waals surface area contributed by atoms with Crippen LogP contribution in [0, 0.1) is 6.92 Å². The molecule has 0 atom stereocenters. The van der Waals surface area contributed by atoms with Crippen LogP contribution in [0.25, 0.3) is 0 Å². The summed E-state index contributed by atoms with van der Waals surface area (Å²) in [5, 5.41) is 2.71. The fourth-order valence-corrected chi connectivity index (χ4v) is 3.26. The number of pyridine rings is 1. The molecule has 0 bridgehead atoms. The largest absolute Gasteiger partial charge is 0.416 e. The number of carbonyl (C=O) groups is 1. The lowest BCUT2D eigenvalue weighted by Crippen LogP contribution is -2.29. The van der Waals surface area contributed by atoms with E-state index >= 15 is 0 Å². The lowest BCUT2D eigenvalue weighted by molar-refractivity contribution is -0.137. The van der Waals surface area contributed by atoms with Crippen molar-refractivity contribution < 1.29 is 18.0 Å². The molecule has 2 aromatic carbocycles. The molecule has 1 aromatic heterocycles. The molecule has 29 heavy (non-hydrogen) atoms. The molecule has 0 spiro atoms. The van der Waals surface area contributed by atoms with E-state index in [1.54, 1.807) is 18.2 Å². The van der Waals surface area contributed by atoms with Gasteiger partial charge >= 0.3 is 6.18 Å². The second-order valence-corrected chi connectivity index (χ2v) is 7.38. The molecule has 0 aliphatic carbocycles. The second kappa shape index (κ2) is 8.24. The van der Waals surface area contributed by atoms with Gasteiger partial charge in [0.05, 0.1) is 12.1 Å². The first-order valence-electron chi connectivity index (χ1n) is 8.58. The maximum Gasteiger partial charge on any atom is 0.416 e. The van der Waals surface area contributed by atoms with Crippen LogP contribution < -0.4 is 10.9 Å². The number of alkyl halides is 3. The van der Waals surface area contributed by atoms with Crippen LogP contribution >= 0.6 is 15.9 Å². The van der Waals surface area contributed by atoms with Gasteiger partial charge in [-0.1, -0.05) is 28.1 Å². The fourth-order valence-electron chi connectivity index (χ4n) is 2.79. The van der Waals surface area contributed by atoms with E-state index in [-0.39, 0.29) is 12.1 Å². The maximum absolute atomic E-state index is 12.7. The Morgan fingerprint density at radius 2 is 1.79 bits per heavy atom. The molecule has 1 N–H and O–H groups in total. The Labute approximate surface area is 173 Å². The number of nitrogens with one attached hydrogen (secondary N) is 1. The standard InChI is InChI=1S/C21H16BrF3N2O2/c1-13-11-16(22)8-9-18(13)26-19(28)17-3-2-10-27(20(17)29)12-14-4-6-15(7-5-14)21(23,24)25/h2-11H,12H2,1H3,(H,26,28). The number of anilines is 1. The third-order valence-electron chi connectivity index (χ3n) is 4.34. The minimum atomic E-state index is -4.42. The summed E-state index contributed by atoms with van der Waals surface area (Å²) in [4.78, 5) is 25.3. The topological polar surface area (TPSA) is 51.1 Å². The Balaban J connectivity index is 1.82. The van der Waals surface area contributed by atoms with Crippen molar-refractivity contribution in [1.82, 2.24) is 4.57 Å². The molecule has 0 saturated heterocycles. The van der Waals surface area contributed by atoms with Gasteiger partial charge in [-0.3, -0.25) is 9.59 Å². The third-order valence-corrected chi connectivity index (χ3v) is 4.83. The number of carbonyl (C=O) groups excluding carboxylic acids is 1. The Hall–Kier alpha value is -2.87. The summed E-state index contributed by atoms with van der Waals surface area (Å²) in [5.41, 5.74) is 0.582. The van der Waals surface area contributed by atoms with Crippen LogP contribution in [0.1, 0.15) is 27.0 Å². The zero-order valence-corrected chi connectivity index (χ0v) is 16.8. The van der Waals surface area contributed by atoms with Crippen LogP contribution in [0.3, 0.4) is 0 Å². The minimum Gasteiger partial charge on any atom is -0.322 e. The molecule has 150 valence electrons. The Morgan fingerprint density at radius 1 is 1.10 bits per heavy atom. The van der Waals surface area contributed by atoms with Gasteiger partial charge in [0.15, 0.2) is 0 Å². The van der Waals surface area contributed by atoms with Gasteiger partial charge in [-0.05, 0) is 60.5 Å². The van der Waals surface area contributed by atoms with Gasteiger partial charge in [0.1, 0.15) is 5.56 Å². The number of amides is 1. The SMILES string of the molecule is Cc1cc(Br)ccc1NC(=O)c1cccn(Cc2ccc(C(F)(F)F)cc2)c1=O. The van der Waals surface area contributed by atoms with Gasteiger partial charge in [0, 0.05) is 16.4 Å². The van der Waals surface area contributed by atoms with Gasteiger partial charge in [-0.25, -0.2) is 0 Å². The molecule has 1 heterocycles. The number of hydrogen-bond acceptors (Lipinski definition) is 2. The molecular formula is C21H16BrF3N2O2. The van der Waals surface area contributed by atoms with Crippen LogP contribution in [-0.2, 0) is 12.7 Å². The summed E-state index contributed by atoms with van der Waals surface area (Å²) in [6.07, 6.45) is -2.93. The van der Waals surface area contributed by atoms with E-state index in [0.29, 0.717) is 11.3 Å². The predicted octanol–water partition coefficient (Wildman–Crippen LogP) is 5.24. The van der Waals surface area contributed by atoms with Crippen molar-refractivity contribution in [3.8, 4) is 0 Å². The van der Waals surface area contributed by atoms with E-state index in [1.807, 2.05) is 13.0 Å². The monoisotopic (exact) mass is 464 g/mol. The van der Waals surface area contributed by atoms with Gasteiger partial charge in [0.2, 0.25) is 0 Å². The number of nitrogens with zero attached hydrogens (tertiary/aromatic N) is 1. The number of aryl methyl sites for hydroxylation is 1. The summed E-state index contributed by atoms with van der Waals surface area (Å²) in [5.74, 6) is -0.554. The molecule has 0 aliphatic rings. The number of hydrogen-bond donors (Lipinski definition) is 1. The number of halogens is 4. The van der Waals surface area contributed by atoms with Crippen LogP contribution in [0.2, 0.25) is 0 Å². The first-order valence-corrected chi connectivity index (χ1v) is 9.37. The molecule has 4 nitrogen and oxygen atoms in total. The van der Waals surface area contributed by atoms with Gasteiger partial charge < -0.3 is 9.88 Å². The minimum absolute atomic E-state index is 0.0510. The lowest BCUT2D eigenvalue weighted by Gasteiger charge is -2.11. The Morgan fingerprint density at radius 3 is 2.41 bits per heavy atom. The van der Waals surface area contributed by atoms with E-state index in [9.17, 15) is 22.8 Å². The van der Waals surface area contributed by atoms with Gasteiger partial charge in [-0.15, -0.1) is 0 Å². The molecule has 0 radical (unpaired) electrons. The molecule has 8 heteroatoms. The van der Waals surface area contributed by atoms with Crippen LogP contribution in [0.5, 0.6) is 0 Å². The maximum atomic E-state index is 12.7. The Kier molecular flexibility index (Phi) is 5.93. The molecule has 0 saturated carbocycles. The third kappa shape index (κ3) is 4.95. The lowest BCUT2D eigenvalue weighted by atomic mass is 10.1. The van der Waals surface area contributed by atoms with Gasteiger partial charge in [0.25, 0.3) is 11.5 Å². The predicted molar refractivity (Wildman–Crippen MR) is 108 cm³/mol. The summed E-state index contributed by atoms with van der Waals surface area (Å²) in [6.45, 7) is 1.88. The van der Waals surface area contributed by atoms with Crippen molar-refractivity contribution in [3.63, 3.8) is 0 Å². The molecule has 0 fully saturated rings. The van der Waals surface area contributed by atoms with Crippen LogP contribution in [-0.4, -0.2) is 10.5 Å². The zero-order valence-electron chi connectivity index (χ0n) is 15.3. The second-order valence-electron chi connectivity index (χ2n) is 6.46. The number of aromatic nitrogens is 1. The van der Waals surface area contributed by atoms with Crippen molar-refractivity contribution in [2.75, 3.05) is 5.32 Å². The molecule has 3 aromatic rings. The number of rotatable bonds is 4. The van der Waals surface area contributed by atoms with E-state index in [0.717, 1.165) is 22.2 Å². The van der Waals surface area contributed by atoms with Crippen molar-refractivity contribution in [1.29, 1.82) is 0 Å². The quantitative estimate of drug-likeness (QED) is 0.573. The smallest absolute Gasteiger partial charge is 0.322 e. The van der Waals surface area contributed by atoms with Crippen molar-refractivity contribution in [2.45, 2.75) is 19.6 Å². The number of benzene rings is 2.